The minimum Gasteiger partial charge on any atom is -0.396 e. The third-order valence-corrected chi connectivity index (χ3v) is 4.93. The first kappa shape index (κ1) is 17.6. The molecule has 0 radical (unpaired) electrons. The molecule has 3 rings (SSSR count). The van der Waals surface area contributed by atoms with Crippen molar-refractivity contribution >= 4 is 5.91 Å². The summed E-state index contributed by atoms with van der Waals surface area (Å²) in [6.45, 7) is 2.66. The standard InChI is InChI=1S/C19H26N4O2/c1-21(11-5-15-24)16-8-13-22(14-9-16)19(25)17-6-2-3-7-18(17)23-12-4-10-20-23/h2-4,6-7,10,12,16,24H,5,8-9,11,13-15H2,1H3. The van der Waals surface area contributed by atoms with Crippen LogP contribution in [0.3, 0.4) is 0 Å². The summed E-state index contributed by atoms with van der Waals surface area (Å²) in [6, 6.07) is 9.96. The van der Waals surface area contributed by atoms with Gasteiger partial charge >= 0.3 is 0 Å². The first-order valence-corrected chi connectivity index (χ1v) is 8.90. The normalized spacial score (nSPS) is 15.7. The van der Waals surface area contributed by atoms with Crippen molar-refractivity contribution in [1.29, 1.82) is 0 Å². The van der Waals surface area contributed by atoms with E-state index >= 15 is 0 Å². The number of para-hydroxylation sites is 1. The number of benzene rings is 1. The minimum absolute atomic E-state index is 0.0718. The molecule has 2 heterocycles. The van der Waals surface area contributed by atoms with E-state index in [1.165, 1.54) is 0 Å². The van der Waals surface area contributed by atoms with Gasteiger partial charge in [-0.05, 0) is 44.5 Å². The molecule has 25 heavy (non-hydrogen) atoms. The number of aromatic nitrogens is 2. The third kappa shape index (κ3) is 4.08. The largest absolute Gasteiger partial charge is 0.396 e. The van der Waals surface area contributed by atoms with E-state index in [0.29, 0.717) is 11.6 Å². The highest BCUT2D eigenvalue weighted by Crippen LogP contribution is 2.21. The van der Waals surface area contributed by atoms with Crippen LogP contribution in [0.1, 0.15) is 29.6 Å². The molecule has 1 fully saturated rings. The molecule has 0 saturated carbocycles. The number of carbonyl (C=O) groups excluding carboxylic acids is 1. The fraction of sp³-hybridized carbons (Fsp3) is 0.474. The van der Waals surface area contributed by atoms with Crippen molar-refractivity contribution < 1.29 is 9.90 Å². The summed E-state index contributed by atoms with van der Waals surface area (Å²) in [5.41, 5.74) is 1.51. The predicted octanol–water partition coefficient (Wildman–Crippen LogP) is 1.79. The fourth-order valence-corrected chi connectivity index (χ4v) is 3.45. The molecule has 1 aromatic carbocycles. The molecule has 2 aromatic rings. The molecule has 1 N–H and O–H groups in total. The fourth-order valence-electron chi connectivity index (χ4n) is 3.45. The zero-order chi connectivity index (χ0) is 17.6. The second-order valence-electron chi connectivity index (χ2n) is 6.55. The highest BCUT2D eigenvalue weighted by atomic mass is 16.3. The Morgan fingerprint density at radius 2 is 2.04 bits per heavy atom. The molecule has 0 spiro atoms. The summed E-state index contributed by atoms with van der Waals surface area (Å²) >= 11 is 0. The van der Waals surface area contributed by atoms with Gasteiger partial charge in [-0.2, -0.15) is 5.10 Å². The van der Waals surface area contributed by atoms with E-state index in [2.05, 4.69) is 17.0 Å². The predicted molar refractivity (Wildman–Crippen MR) is 96.8 cm³/mol. The number of amides is 1. The van der Waals surface area contributed by atoms with Gasteiger partial charge in [0, 0.05) is 44.7 Å². The highest BCUT2D eigenvalue weighted by molar-refractivity contribution is 5.97. The van der Waals surface area contributed by atoms with E-state index in [4.69, 9.17) is 5.11 Å². The molecule has 0 unspecified atom stereocenters. The third-order valence-electron chi connectivity index (χ3n) is 4.93. The summed E-state index contributed by atoms with van der Waals surface area (Å²) in [6.07, 6.45) is 6.31. The quantitative estimate of drug-likeness (QED) is 0.869. The summed E-state index contributed by atoms with van der Waals surface area (Å²) in [4.78, 5) is 17.2. The number of carbonyl (C=O) groups is 1. The molecule has 134 valence electrons. The van der Waals surface area contributed by atoms with E-state index in [-0.39, 0.29) is 12.5 Å². The average Bonchev–Trinajstić information content (AvgIpc) is 3.20. The number of aliphatic hydroxyl groups is 1. The maximum atomic E-state index is 13.0. The van der Waals surface area contributed by atoms with Gasteiger partial charge in [0.05, 0.1) is 11.3 Å². The number of aliphatic hydroxyl groups excluding tert-OH is 1. The lowest BCUT2D eigenvalue weighted by atomic mass is 10.0. The first-order valence-electron chi connectivity index (χ1n) is 8.90. The average molecular weight is 342 g/mol. The molecule has 0 bridgehead atoms. The lowest BCUT2D eigenvalue weighted by Crippen LogP contribution is -2.46. The van der Waals surface area contributed by atoms with Crippen molar-refractivity contribution in [2.45, 2.75) is 25.3 Å². The zero-order valence-corrected chi connectivity index (χ0v) is 14.7. The van der Waals surface area contributed by atoms with Gasteiger partial charge in [-0.1, -0.05) is 12.1 Å². The van der Waals surface area contributed by atoms with Crippen molar-refractivity contribution in [3.63, 3.8) is 0 Å². The van der Waals surface area contributed by atoms with Crippen molar-refractivity contribution in [2.75, 3.05) is 33.3 Å². The van der Waals surface area contributed by atoms with Gasteiger partial charge in [0.25, 0.3) is 5.91 Å². The van der Waals surface area contributed by atoms with Crippen LogP contribution in [-0.2, 0) is 0 Å². The van der Waals surface area contributed by atoms with Crippen LogP contribution in [0.2, 0.25) is 0 Å². The molecule has 1 saturated heterocycles. The molecule has 6 nitrogen and oxygen atoms in total. The van der Waals surface area contributed by atoms with Gasteiger partial charge in [0.2, 0.25) is 0 Å². The van der Waals surface area contributed by atoms with Gasteiger partial charge in [0.1, 0.15) is 0 Å². The molecule has 0 aliphatic carbocycles. The summed E-state index contributed by atoms with van der Waals surface area (Å²) in [5, 5.41) is 13.2. The smallest absolute Gasteiger partial charge is 0.256 e. The van der Waals surface area contributed by atoms with Crippen molar-refractivity contribution in [2.24, 2.45) is 0 Å². The second kappa shape index (κ2) is 8.27. The Labute approximate surface area is 148 Å². The van der Waals surface area contributed by atoms with Crippen LogP contribution in [0, 0.1) is 0 Å². The molecular formula is C19H26N4O2. The van der Waals surface area contributed by atoms with Crippen LogP contribution in [0.15, 0.2) is 42.7 Å². The molecule has 1 aliphatic heterocycles. The SMILES string of the molecule is CN(CCCO)C1CCN(C(=O)c2ccccc2-n2cccn2)CC1. The molecule has 1 aromatic heterocycles. The molecule has 6 heteroatoms. The number of rotatable bonds is 6. The van der Waals surface area contributed by atoms with Crippen LogP contribution in [0.5, 0.6) is 0 Å². The Morgan fingerprint density at radius 3 is 2.72 bits per heavy atom. The number of nitrogens with zero attached hydrogens (tertiary/aromatic N) is 4. The number of piperidine rings is 1. The second-order valence-corrected chi connectivity index (χ2v) is 6.55. The van der Waals surface area contributed by atoms with Crippen molar-refractivity contribution in [1.82, 2.24) is 19.6 Å². The molecule has 1 amide bonds. The molecular weight excluding hydrogens is 316 g/mol. The van der Waals surface area contributed by atoms with E-state index < -0.39 is 0 Å². The van der Waals surface area contributed by atoms with Gasteiger partial charge in [-0.25, -0.2) is 4.68 Å². The van der Waals surface area contributed by atoms with E-state index in [0.717, 1.165) is 44.6 Å². The van der Waals surface area contributed by atoms with Gasteiger partial charge in [0.15, 0.2) is 0 Å². The lowest BCUT2D eigenvalue weighted by molar-refractivity contribution is 0.0641. The number of hydrogen-bond donors (Lipinski definition) is 1. The topological polar surface area (TPSA) is 61.6 Å². The van der Waals surface area contributed by atoms with Gasteiger partial charge in [-0.3, -0.25) is 4.79 Å². The summed E-state index contributed by atoms with van der Waals surface area (Å²) in [5.74, 6) is 0.0718. The Kier molecular flexibility index (Phi) is 5.83. The highest BCUT2D eigenvalue weighted by Gasteiger charge is 2.27. The Balaban J connectivity index is 1.66. The van der Waals surface area contributed by atoms with Crippen LogP contribution in [0.4, 0.5) is 0 Å². The van der Waals surface area contributed by atoms with Crippen LogP contribution in [0.25, 0.3) is 5.69 Å². The van der Waals surface area contributed by atoms with Gasteiger partial charge < -0.3 is 14.9 Å². The maximum absolute atomic E-state index is 13.0. The van der Waals surface area contributed by atoms with E-state index in [1.54, 1.807) is 10.9 Å². The Morgan fingerprint density at radius 1 is 1.28 bits per heavy atom. The van der Waals surface area contributed by atoms with Crippen molar-refractivity contribution in [3.05, 3.63) is 48.3 Å². The molecule has 0 atom stereocenters. The Bertz CT molecular complexity index is 678. The summed E-state index contributed by atoms with van der Waals surface area (Å²) in [7, 11) is 2.10. The maximum Gasteiger partial charge on any atom is 0.256 e. The van der Waals surface area contributed by atoms with Crippen molar-refractivity contribution in [3.8, 4) is 5.69 Å². The summed E-state index contributed by atoms with van der Waals surface area (Å²) < 4.78 is 1.74. The number of likely N-dealkylation sites (tertiary alicyclic amines) is 1. The van der Waals surface area contributed by atoms with Crippen LogP contribution in [-0.4, -0.2) is 69.9 Å². The van der Waals surface area contributed by atoms with Gasteiger partial charge in [-0.15, -0.1) is 0 Å². The molecule has 1 aliphatic rings. The van der Waals surface area contributed by atoms with E-state index in [9.17, 15) is 4.79 Å². The van der Waals surface area contributed by atoms with Crippen LogP contribution < -0.4 is 0 Å². The monoisotopic (exact) mass is 342 g/mol. The Hall–Kier alpha value is -2.18. The van der Waals surface area contributed by atoms with E-state index in [1.807, 2.05) is 41.4 Å². The van der Waals surface area contributed by atoms with Crippen LogP contribution >= 0.6 is 0 Å². The lowest BCUT2D eigenvalue weighted by Gasteiger charge is -2.37. The zero-order valence-electron chi connectivity index (χ0n) is 14.7. The number of hydrogen-bond acceptors (Lipinski definition) is 4. The first-order chi connectivity index (χ1) is 12.2. The minimum atomic E-state index is 0.0718.